The van der Waals surface area contributed by atoms with Gasteiger partial charge in [-0.05, 0) is 18.2 Å². The lowest BCUT2D eigenvalue weighted by Crippen LogP contribution is -2.27. The molecule has 0 aliphatic rings. The Hall–Kier alpha value is -1.86. The van der Waals surface area contributed by atoms with E-state index in [2.05, 4.69) is 6.58 Å². The number of likely N-dealkylation sites (N-methyl/N-ethyl adjacent to an activating group) is 1. The van der Waals surface area contributed by atoms with Crippen LogP contribution in [0.1, 0.15) is 10.4 Å². The van der Waals surface area contributed by atoms with Crippen molar-refractivity contribution in [2.45, 2.75) is 4.90 Å². The summed E-state index contributed by atoms with van der Waals surface area (Å²) < 4.78 is 25.0. The summed E-state index contributed by atoms with van der Waals surface area (Å²) >= 11 is 0. The molecular formula is C11H13NO5S. The number of rotatable bonds is 5. The Morgan fingerprint density at radius 2 is 2.11 bits per heavy atom. The number of sulfonamides is 1. The van der Waals surface area contributed by atoms with Crippen LogP contribution in [-0.2, 0) is 10.0 Å². The van der Waals surface area contributed by atoms with Gasteiger partial charge in [-0.3, -0.25) is 0 Å². The maximum atomic E-state index is 12.0. The van der Waals surface area contributed by atoms with Crippen LogP contribution in [-0.4, -0.2) is 42.5 Å². The van der Waals surface area contributed by atoms with E-state index in [1.54, 1.807) is 0 Å². The molecule has 0 spiro atoms. The summed E-state index contributed by atoms with van der Waals surface area (Å²) in [7, 11) is -2.43. The molecule has 0 heterocycles. The van der Waals surface area contributed by atoms with Crippen molar-refractivity contribution in [2.24, 2.45) is 0 Å². The van der Waals surface area contributed by atoms with Crippen LogP contribution in [0.15, 0.2) is 35.7 Å². The Balaban J connectivity index is 3.30. The molecular weight excluding hydrogens is 258 g/mol. The van der Waals surface area contributed by atoms with Crippen LogP contribution in [0.2, 0.25) is 0 Å². The summed E-state index contributed by atoms with van der Waals surface area (Å²) in [5.74, 6) is -1.87. The fourth-order valence-corrected chi connectivity index (χ4v) is 2.48. The van der Waals surface area contributed by atoms with Crippen molar-refractivity contribution in [3.05, 3.63) is 36.4 Å². The summed E-state index contributed by atoms with van der Waals surface area (Å²) in [4.78, 5) is 10.6. The number of carbonyl (C=O) groups is 1. The largest absolute Gasteiger partial charge is 0.507 e. The summed E-state index contributed by atoms with van der Waals surface area (Å²) in [6, 6.07) is 3.11. The predicted molar refractivity (Wildman–Crippen MR) is 65.1 cm³/mol. The van der Waals surface area contributed by atoms with E-state index in [4.69, 9.17) is 5.11 Å². The van der Waals surface area contributed by atoms with Gasteiger partial charge in [-0.15, -0.1) is 6.58 Å². The Bertz CT molecular complexity index is 579. The van der Waals surface area contributed by atoms with Gasteiger partial charge in [-0.1, -0.05) is 6.08 Å². The first kappa shape index (κ1) is 14.2. The van der Waals surface area contributed by atoms with Gasteiger partial charge >= 0.3 is 5.97 Å². The molecule has 0 unspecified atom stereocenters. The van der Waals surface area contributed by atoms with E-state index in [-0.39, 0.29) is 11.4 Å². The van der Waals surface area contributed by atoms with Gasteiger partial charge in [0.1, 0.15) is 11.3 Å². The van der Waals surface area contributed by atoms with Gasteiger partial charge in [0.05, 0.1) is 4.90 Å². The van der Waals surface area contributed by atoms with Gasteiger partial charge in [0.15, 0.2) is 0 Å². The highest BCUT2D eigenvalue weighted by Crippen LogP contribution is 2.23. The molecule has 1 aromatic carbocycles. The third kappa shape index (κ3) is 2.69. The van der Waals surface area contributed by atoms with E-state index in [9.17, 15) is 18.3 Å². The lowest BCUT2D eigenvalue weighted by atomic mass is 10.2. The maximum Gasteiger partial charge on any atom is 0.339 e. The molecule has 7 heteroatoms. The van der Waals surface area contributed by atoms with Crippen LogP contribution in [0.3, 0.4) is 0 Å². The second-order valence-corrected chi connectivity index (χ2v) is 5.60. The van der Waals surface area contributed by atoms with Crippen LogP contribution in [0, 0.1) is 0 Å². The molecule has 0 amide bonds. The van der Waals surface area contributed by atoms with Gasteiger partial charge < -0.3 is 10.2 Å². The number of benzene rings is 1. The first-order valence-corrected chi connectivity index (χ1v) is 6.38. The highest BCUT2D eigenvalue weighted by molar-refractivity contribution is 7.89. The van der Waals surface area contributed by atoms with Gasteiger partial charge in [0.2, 0.25) is 10.0 Å². The molecule has 0 radical (unpaired) electrons. The van der Waals surface area contributed by atoms with Crippen LogP contribution >= 0.6 is 0 Å². The Morgan fingerprint density at radius 1 is 1.50 bits per heavy atom. The van der Waals surface area contributed by atoms with E-state index in [1.807, 2.05) is 0 Å². The van der Waals surface area contributed by atoms with Gasteiger partial charge in [0, 0.05) is 13.6 Å². The SMILES string of the molecule is C=CCN(C)S(=O)(=O)c1ccc(O)c(C(=O)O)c1. The average molecular weight is 271 g/mol. The van der Waals surface area contributed by atoms with Gasteiger partial charge in [0.25, 0.3) is 0 Å². The first-order chi connectivity index (χ1) is 8.30. The first-order valence-electron chi connectivity index (χ1n) is 4.94. The topological polar surface area (TPSA) is 94.9 Å². The molecule has 98 valence electrons. The summed E-state index contributed by atoms with van der Waals surface area (Å²) in [5, 5.41) is 18.1. The summed E-state index contributed by atoms with van der Waals surface area (Å²) in [5.41, 5.74) is -0.455. The van der Waals surface area contributed by atoms with Crippen LogP contribution < -0.4 is 0 Å². The number of carboxylic acids is 1. The lowest BCUT2D eigenvalue weighted by molar-refractivity contribution is 0.0693. The number of carboxylic acid groups (broad SMARTS) is 1. The molecule has 0 atom stereocenters. The Labute approximate surface area is 105 Å². The maximum absolute atomic E-state index is 12.0. The minimum absolute atomic E-state index is 0.103. The highest BCUT2D eigenvalue weighted by atomic mass is 32.2. The lowest BCUT2D eigenvalue weighted by Gasteiger charge is -2.15. The Morgan fingerprint density at radius 3 is 2.61 bits per heavy atom. The summed E-state index contributed by atoms with van der Waals surface area (Å²) in [6.07, 6.45) is 1.41. The third-order valence-electron chi connectivity index (χ3n) is 2.29. The van der Waals surface area contributed by atoms with Crippen molar-refractivity contribution in [3.8, 4) is 5.75 Å². The smallest absolute Gasteiger partial charge is 0.339 e. The van der Waals surface area contributed by atoms with Crippen LogP contribution in [0.4, 0.5) is 0 Å². The van der Waals surface area contributed by atoms with E-state index < -0.39 is 27.3 Å². The molecule has 0 saturated heterocycles. The second kappa shape index (κ2) is 5.19. The zero-order valence-electron chi connectivity index (χ0n) is 9.70. The molecule has 0 aliphatic carbocycles. The quantitative estimate of drug-likeness (QED) is 0.776. The molecule has 6 nitrogen and oxygen atoms in total. The van der Waals surface area contributed by atoms with Crippen molar-refractivity contribution in [3.63, 3.8) is 0 Å². The normalized spacial score (nSPS) is 11.4. The summed E-state index contributed by atoms with van der Waals surface area (Å²) in [6.45, 7) is 3.53. The fraction of sp³-hybridized carbons (Fsp3) is 0.182. The van der Waals surface area contributed by atoms with Crippen molar-refractivity contribution < 1.29 is 23.4 Å². The monoisotopic (exact) mass is 271 g/mol. The van der Waals surface area contributed by atoms with E-state index in [1.165, 1.54) is 13.1 Å². The molecule has 0 saturated carbocycles. The Kier molecular flexibility index (Phi) is 4.10. The predicted octanol–water partition coefficient (Wildman–Crippen LogP) is 0.897. The van der Waals surface area contributed by atoms with Crippen molar-refractivity contribution >= 4 is 16.0 Å². The van der Waals surface area contributed by atoms with Gasteiger partial charge in [-0.2, -0.15) is 4.31 Å². The minimum atomic E-state index is -3.79. The van der Waals surface area contributed by atoms with Crippen molar-refractivity contribution in [2.75, 3.05) is 13.6 Å². The molecule has 0 fully saturated rings. The molecule has 2 N–H and O–H groups in total. The number of aromatic carboxylic acids is 1. The van der Waals surface area contributed by atoms with Crippen LogP contribution in [0.5, 0.6) is 5.75 Å². The van der Waals surface area contributed by atoms with Crippen molar-refractivity contribution in [1.29, 1.82) is 0 Å². The number of hydrogen-bond donors (Lipinski definition) is 2. The van der Waals surface area contributed by atoms with E-state index in [0.717, 1.165) is 22.5 Å². The van der Waals surface area contributed by atoms with E-state index >= 15 is 0 Å². The standard InChI is InChI=1S/C11H13NO5S/c1-3-6-12(2)18(16,17)8-4-5-10(13)9(7-8)11(14)15/h3-5,7,13H,1,6H2,2H3,(H,14,15). The van der Waals surface area contributed by atoms with Gasteiger partial charge in [-0.25, -0.2) is 13.2 Å². The fourth-order valence-electron chi connectivity index (χ4n) is 1.31. The second-order valence-electron chi connectivity index (χ2n) is 3.56. The average Bonchev–Trinajstić information content (AvgIpc) is 2.29. The number of nitrogens with zero attached hydrogens (tertiary/aromatic N) is 1. The number of aromatic hydroxyl groups is 1. The van der Waals surface area contributed by atoms with Crippen LogP contribution in [0.25, 0.3) is 0 Å². The molecule has 0 aromatic heterocycles. The van der Waals surface area contributed by atoms with E-state index in [0.29, 0.717) is 0 Å². The zero-order chi connectivity index (χ0) is 13.9. The molecule has 1 rings (SSSR count). The highest BCUT2D eigenvalue weighted by Gasteiger charge is 2.22. The molecule has 0 bridgehead atoms. The number of phenols is 1. The zero-order valence-corrected chi connectivity index (χ0v) is 10.5. The third-order valence-corrected chi connectivity index (χ3v) is 4.11. The minimum Gasteiger partial charge on any atom is -0.507 e. The number of hydrogen-bond acceptors (Lipinski definition) is 4. The molecule has 18 heavy (non-hydrogen) atoms. The molecule has 0 aliphatic heterocycles. The molecule has 1 aromatic rings. The van der Waals surface area contributed by atoms with Crippen molar-refractivity contribution in [1.82, 2.24) is 4.31 Å².